The number of unbranched alkanes of at least 4 members (excludes halogenated alkanes) is 21. The standard InChI is InChI=1S/C41H76O5/c1-4-7-10-13-15-17-19-20-21-22-23-24-26-29-31-34-40(42)45-38-39(46-41(43)35-32-28-12-9-6-3)37-44-36-33-30-27-25-18-16-14-11-8-5-2/h15,17,20-21,39H,4-14,16,18-19,22-38H2,1-3H3/b17-15-,21-20-. The smallest absolute Gasteiger partial charge is 0.306 e. The van der Waals surface area contributed by atoms with Crippen LogP contribution in [0.4, 0.5) is 0 Å². The van der Waals surface area contributed by atoms with E-state index in [2.05, 4.69) is 45.1 Å². The summed E-state index contributed by atoms with van der Waals surface area (Å²) >= 11 is 0. The molecule has 0 fully saturated rings. The monoisotopic (exact) mass is 649 g/mol. The van der Waals surface area contributed by atoms with Crippen LogP contribution in [0.5, 0.6) is 0 Å². The molecule has 1 unspecified atom stereocenters. The highest BCUT2D eigenvalue weighted by molar-refractivity contribution is 5.70. The number of hydrogen-bond acceptors (Lipinski definition) is 5. The maximum absolute atomic E-state index is 12.5. The third-order valence-electron chi connectivity index (χ3n) is 8.49. The van der Waals surface area contributed by atoms with Crippen molar-refractivity contribution in [3.63, 3.8) is 0 Å². The van der Waals surface area contributed by atoms with Crippen molar-refractivity contribution in [3.8, 4) is 0 Å². The van der Waals surface area contributed by atoms with Crippen LogP contribution < -0.4 is 0 Å². The molecule has 0 aromatic carbocycles. The van der Waals surface area contributed by atoms with Gasteiger partial charge in [0, 0.05) is 19.4 Å². The first kappa shape index (κ1) is 44.4. The Labute approximate surface area is 286 Å². The summed E-state index contributed by atoms with van der Waals surface area (Å²) in [7, 11) is 0. The lowest BCUT2D eigenvalue weighted by molar-refractivity contribution is -0.163. The van der Waals surface area contributed by atoms with Crippen molar-refractivity contribution in [1.29, 1.82) is 0 Å². The van der Waals surface area contributed by atoms with Crippen LogP contribution in [0.1, 0.15) is 201 Å². The van der Waals surface area contributed by atoms with Crippen molar-refractivity contribution in [3.05, 3.63) is 24.3 Å². The number of rotatable bonds is 36. The number of esters is 2. The van der Waals surface area contributed by atoms with E-state index in [-0.39, 0.29) is 25.2 Å². The van der Waals surface area contributed by atoms with Crippen molar-refractivity contribution in [1.82, 2.24) is 0 Å². The topological polar surface area (TPSA) is 61.8 Å². The van der Waals surface area contributed by atoms with E-state index >= 15 is 0 Å². The van der Waals surface area contributed by atoms with Crippen LogP contribution in [0.3, 0.4) is 0 Å². The number of hydrogen-bond donors (Lipinski definition) is 0. The Hall–Kier alpha value is -1.62. The fourth-order valence-electron chi connectivity index (χ4n) is 5.48. The summed E-state index contributed by atoms with van der Waals surface area (Å²) in [6.07, 6.45) is 40.4. The second kappa shape index (κ2) is 37.8. The highest BCUT2D eigenvalue weighted by atomic mass is 16.6. The average molecular weight is 649 g/mol. The lowest BCUT2D eigenvalue weighted by atomic mass is 10.1. The number of ether oxygens (including phenoxy) is 3. The molecule has 270 valence electrons. The Morgan fingerprint density at radius 3 is 1.48 bits per heavy atom. The molecule has 0 amide bonds. The Balaban J connectivity index is 4.10. The van der Waals surface area contributed by atoms with Crippen molar-refractivity contribution >= 4 is 11.9 Å². The minimum absolute atomic E-state index is 0.0820. The maximum atomic E-state index is 12.5. The molecule has 0 radical (unpaired) electrons. The Kier molecular flexibility index (Phi) is 36.5. The minimum atomic E-state index is -0.528. The van der Waals surface area contributed by atoms with Crippen molar-refractivity contribution in [2.24, 2.45) is 0 Å². The molecule has 0 bridgehead atoms. The first-order valence-electron chi connectivity index (χ1n) is 19.9. The van der Waals surface area contributed by atoms with Gasteiger partial charge in [0.25, 0.3) is 0 Å². The molecule has 0 spiro atoms. The average Bonchev–Trinajstić information content (AvgIpc) is 3.05. The largest absolute Gasteiger partial charge is 0.462 e. The van der Waals surface area contributed by atoms with E-state index in [0.717, 1.165) is 57.8 Å². The fraction of sp³-hybridized carbons (Fsp3) is 0.854. The molecular formula is C41H76O5. The predicted octanol–water partition coefficient (Wildman–Crippen LogP) is 12.6. The van der Waals surface area contributed by atoms with Crippen molar-refractivity contribution in [2.75, 3.05) is 19.8 Å². The molecule has 0 N–H and O–H groups in total. The fourth-order valence-corrected chi connectivity index (χ4v) is 5.48. The first-order chi connectivity index (χ1) is 22.6. The van der Waals surface area contributed by atoms with Gasteiger partial charge in [-0.05, 0) is 51.4 Å². The maximum Gasteiger partial charge on any atom is 0.306 e. The summed E-state index contributed by atoms with van der Waals surface area (Å²) in [6.45, 7) is 7.71. The van der Waals surface area contributed by atoms with Gasteiger partial charge >= 0.3 is 11.9 Å². The van der Waals surface area contributed by atoms with Gasteiger partial charge in [-0.25, -0.2) is 0 Å². The van der Waals surface area contributed by atoms with Gasteiger partial charge in [-0.1, -0.05) is 161 Å². The van der Waals surface area contributed by atoms with Gasteiger partial charge < -0.3 is 14.2 Å². The summed E-state index contributed by atoms with van der Waals surface area (Å²) in [5, 5.41) is 0. The third-order valence-corrected chi connectivity index (χ3v) is 8.49. The van der Waals surface area contributed by atoms with E-state index in [0.29, 0.717) is 19.4 Å². The molecule has 0 aliphatic heterocycles. The molecule has 0 aliphatic rings. The van der Waals surface area contributed by atoms with Crippen LogP contribution in [0.25, 0.3) is 0 Å². The molecule has 0 rings (SSSR count). The highest BCUT2D eigenvalue weighted by Crippen LogP contribution is 2.12. The lowest BCUT2D eigenvalue weighted by Gasteiger charge is -2.18. The van der Waals surface area contributed by atoms with Crippen LogP contribution in [0.2, 0.25) is 0 Å². The van der Waals surface area contributed by atoms with E-state index in [4.69, 9.17) is 14.2 Å². The number of carbonyl (C=O) groups is 2. The van der Waals surface area contributed by atoms with Crippen LogP contribution in [-0.2, 0) is 23.8 Å². The van der Waals surface area contributed by atoms with Crippen molar-refractivity contribution < 1.29 is 23.8 Å². The molecule has 0 saturated carbocycles. The van der Waals surface area contributed by atoms with Gasteiger partial charge in [0.05, 0.1) is 6.61 Å². The second-order valence-electron chi connectivity index (χ2n) is 13.2. The zero-order valence-electron chi connectivity index (χ0n) is 30.8. The third kappa shape index (κ3) is 35.2. The van der Waals surface area contributed by atoms with E-state index in [1.54, 1.807) is 0 Å². The van der Waals surface area contributed by atoms with Crippen molar-refractivity contribution in [2.45, 2.75) is 207 Å². The van der Waals surface area contributed by atoms with E-state index < -0.39 is 6.10 Å². The van der Waals surface area contributed by atoms with Gasteiger partial charge in [0.1, 0.15) is 6.61 Å². The SMILES string of the molecule is CCCCC/C=C\C/C=C\CCCCCCCC(=O)OCC(COCCCCCCCCCCCC)OC(=O)CCCCCCC. The summed E-state index contributed by atoms with van der Waals surface area (Å²) in [5.41, 5.74) is 0. The van der Waals surface area contributed by atoms with Crippen LogP contribution in [0.15, 0.2) is 24.3 Å². The molecule has 0 aromatic heterocycles. The molecule has 0 saturated heterocycles. The Morgan fingerprint density at radius 2 is 0.913 bits per heavy atom. The predicted molar refractivity (Wildman–Crippen MR) is 196 cm³/mol. The van der Waals surface area contributed by atoms with E-state index in [1.807, 2.05) is 0 Å². The van der Waals surface area contributed by atoms with Gasteiger partial charge in [-0.15, -0.1) is 0 Å². The molecule has 46 heavy (non-hydrogen) atoms. The second-order valence-corrected chi connectivity index (χ2v) is 13.2. The van der Waals surface area contributed by atoms with Gasteiger partial charge in [0.15, 0.2) is 6.10 Å². The van der Waals surface area contributed by atoms with Crippen LogP contribution >= 0.6 is 0 Å². The molecule has 5 heteroatoms. The highest BCUT2D eigenvalue weighted by Gasteiger charge is 2.17. The Morgan fingerprint density at radius 1 is 0.478 bits per heavy atom. The molecule has 0 heterocycles. The molecule has 5 nitrogen and oxygen atoms in total. The Bertz CT molecular complexity index is 701. The minimum Gasteiger partial charge on any atom is -0.462 e. The zero-order valence-corrected chi connectivity index (χ0v) is 30.8. The van der Waals surface area contributed by atoms with Gasteiger partial charge in [-0.3, -0.25) is 9.59 Å². The van der Waals surface area contributed by atoms with Gasteiger partial charge in [-0.2, -0.15) is 0 Å². The molecule has 0 aromatic rings. The summed E-state index contributed by atoms with van der Waals surface area (Å²) < 4.78 is 17.1. The van der Waals surface area contributed by atoms with E-state index in [1.165, 1.54) is 109 Å². The lowest BCUT2D eigenvalue weighted by Crippen LogP contribution is -2.30. The quantitative estimate of drug-likeness (QED) is 0.0384. The van der Waals surface area contributed by atoms with E-state index in [9.17, 15) is 9.59 Å². The summed E-state index contributed by atoms with van der Waals surface area (Å²) in [5.74, 6) is -0.421. The summed E-state index contributed by atoms with van der Waals surface area (Å²) in [4.78, 5) is 24.8. The first-order valence-corrected chi connectivity index (χ1v) is 19.9. The summed E-state index contributed by atoms with van der Waals surface area (Å²) in [6, 6.07) is 0. The molecule has 0 aliphatic carbocycles. The number of carbonyl (C=O) groups excluding carboxylic acids is 2. The van der Waals surface area contributed by atoms with Gasteiger partial charge in [0.2, 0.25) is 0 Å². The van der Waals surface area contributed by atoms with Crippen LogP contribution in [-0.4, -0.2) is 37.9 Å². The zero-order chi connectivity index (χ0) is 33.6. The molecule has 1 atom stereocenters. The molecular weight excluding hydrogens is 572 g/mol. The number of allylic oxidation sites excluding steroid dienone is 4. The van der Waals surface area contributed by atoms with Crippen LogP contribution in [0, 0.1) is 0 Å². The normalized spacial score (nSPS) is 12.3.